The van der Waals surface area contributed by atoms with Crippen LogP contribution in [0.4, 0.5) is 16.2 Å². The summed E-state index contributed by atoms with van der Waals surface area (Å²) in [5.74, 6) is -1.13. The summed E-state index contributed by atoms with van der Waals surface area (Å²) in [6.07, 6.45) is 4.02. The standard InChI is InChI=1S/C27H30N4O4S/c1-17-6-3-4-7-22(17)30-27(35)29-20-11-9-19(10-12-20)18(2)26(34)31-15-5-8-23(31)25-28-16-21(36-25)13-14-24(32)33/h3-4,6-7,9-12,16,18,23H,5,8,13-15H2,1-2H3,(H,32,33)(H2,29,30,35). The van der Waals surface area contributed by atoms with Gasteiger partial charge in [-0.2, -0.15) is 0 Å². The summed E-state index contributed by atoms with van der Waals surface area (Å²) < 4.78 is 0. The third-order valence-corrected chi connectivity index (χ3v) is 7.57. The van der Waals surface area contributed by atoms with Gasteiger partial charge in [0.25, 0.3) is 0 Å². The smallest absolute Gasteiger partial charge is 0.323 e. The quantitative estimate of drug-likeness (QED) is 0.369. The van der Waals surface area contributed by atoms with E-state index < -0.39 is 5.97 Å². The van der Waals surface area contributed by atoms with Gasteiger partial charge in [-0.3, -0.25) is 9.59 Å². The van der Waals surface area contributed by atoms with E-state index >= 15 is 0 Å². The number of hydrogen-bond acceptors (Lipinski definition) is 5. The summed E-state index contributed by atoms with van der Waals surface area (Å²) in [4.78, 5) is 43.9. The molecule has 0 saturated carbocycles. The van der Waals surface area contributed by atoms with Gasteiger partial charge in [-0.25, -0.2) is 9.78 Å². The second-order valence-corrected chi connectivity index (χ2v) is 10.1. The van der Waals surface area contributed by atoms with Crippen LogP contribution in [0.5, 0.6) is 0 Å². The first kappa shape index (κ1) is 25.4. The lowest BCUT2D eigenvalue weighted by molar-refractivity contribution is -0.137. The Labute approximate surface area is 214 Å². The van der Waals surface area contributed by atoms with Crippen molar-refractivity contribution in [3.8, 4) is 0 Å². The Morgan fingerprint density at radius 3 is 2.61 bits per heavy atom. The maximum Gasteiger partial charge on any atom is 0.323 e. The van der Waals surface area contributed by atoms with Crippen LogP contribution < -0.4 is 10.6 Å². The van der Waals surface area contributed by atoms with Crippen LogP contribution in [0.2, 0.25) is 0 Å². The van der Waals surface area contributed by atoms with Gasteiger partial charge in [-0.15, -0.1) is 11.3 Å². The molecule has 2 aromatic carbocycles. The SMILES string of the molecule is Cc1ccccc1NC(=O)Nc1ccc(C(C)C(=O)N2CCCC2c2ncc(CCC(=O)O)s2)cc1. The molecule has 0 spiro atoms. The number of aromatic nitrogens is 1. The normalized spacial score (nSPS) is 15.9. The molecule has 2 atom stereocenters. The predicted molar refractivity (Wildman–Crippen MR) is 140 cm³/mol. The van der Waals surface area contributed by atoms with E-state index in [1.807, 2.05) is 55.1 Å². The second kappa shape index (κ2) is 11.3. The van der Waals surface area contributed by atoms with E-state index in [1.54, 1.807) is 18.3 Å². The number of carbonyl (C=O) groups excluding carboxylic acids is 2. The molecule has 1 fully saturated rings. The summed E-state index contributed by atoms with van der Waals surface area (Å²) >= 11 is 1.50. The van der Waals surface area contributed by atoms with E-state index in [0.29, 0.717) is 18.7 Å². The number of para-hydroxylation sites is 1. The third-order valence-electron chi connectivity index (χ3n) is 6.41. The van der Waals surface area contributed by atoms with Crippen molar-refractivity contribution in [1.29, 1.82) is 0 Å². The summed E-state index contributed by atoms with van der Waals surface area (Å²) in [6, 6.07) is 14.5. The minimum atomic E-state index is -0.829. The summed E-state index contributed by atoms with van der Waals surface area (Å²) in [6.45, 7) is 4.50. The van der Waals surface area contributed by atoms with Gasteiger partial charge in [0.2, 0.25) is 5.91 Å². The first-order valence-corrected chi connectivity index (χ1v) is 12.8. The number of aryl methyl sites for hydroxylation is 2. The average Bonchev–Trinajstić information content (AvgIpc) is 3.53. The van der Waals surface area contributed by atoms with Gasteiger partial charge in [0.15, 0.2) is 0 Å². The van der Waals surface area contributed by atoms with E-state index in [4.69, 9.17) is 5.11 Å². The predicted octanol–water partition coefficient (Wildman–Crippen LogP) is 5.58. The van der Waals surface area contributed by atoms with Crippen molar-refractivity contribution in [2.24, 2.45) is 0 Å². The van der Waals surface area contributed by atoms with Crippen LogP contribution in [-0.4, -0.2) is 39.4 Å². The number of nitrogens with zero attached hydrogens (tertiary/aromatic N) is 2. The van der Waals surface area contributed by atoms with Crippen molar-refractivity contribution in [3.05, 3.63) is 75.7 Å². The highest BCUT2D eigenvalue weighted by molar-refractivity contribution is 7.11. The Balaban J connectivity index is 1.37. The maximum atomic E-state index is 13.4. The molecule has 1 saturated heterocycles. The van der Waals surface area contributed by atoms with Crippen LogP contribution >= 0.6 is 11.3 Å². The van der Waals surface area contributed by atoms with Crippen molar-refractivity contribution < 1.29 is 19.5 Å². The number of benzene rings is 2. The number of amides is 3. The molecule has 9 heteroatoms. The molecular formula is C27H30N4O4S. The number of rotatable bonds is 8. The summed E-state index contributed by atoms with van der Waals surface area (Å²) in [5.41, 5.74) is 3.24. The minimum Gasteiger partial charge on any atom is -0.481 e. The fourth-order valence-electron chi connectivity index (χ4n) is 4.35. The Hall–Kier alpha value is -3.72. The van der Waals surface area contributed by atoms with Crippen molar-refractivity contribution in [1.82, 2.24) is 9.88 Å². The maximum absolute atomic E-state index is 13.4. The lowest BCUT2D eigenvalue weighted by atomic mass is 9.99. The first-order chi connectivity index (χ1) is 17.3. The van der Waals surface area contributed by atoms with E-state index in [-0.39, 0.29) is 30.3 Å². The molecule has 2 unspecified atom stereocenters. The fourth-order valence-corrected chi connectivity index (χ4v) is 5.42. The second-order valence-electron chi connectivity index (χ2n) is 8.99. The largest absolute Gasteiger partial charge is 0.481 e. The molecular weight excluding hydrogens is 476 g/mol. The van der Waals surface area contributed by atoms with Crippen LogP contribution in [0.3, 0.4) is 0 Å². The molecule has 188 valence electrons. The third kappa shape index (κ3) is 6.09. The van der Waals surface area contributed by atoms with E-state index in [9.17, 15) is 14.4 Å². The molecule has 0 radical (unpaired) electrons. The number of anilines is 2. The number of hydrogen-bond donors (Lipinski definition) is 3. The van der Waals surface area contributed by atoms with Gasteiger partial charge in [-0.1, -0.05) is 30.3 Å². The van der Waals surface area contributed by atoms with Crippen LogP contribution in [0.15, 0.2) is 54.7 Å². The van der Waals surface area contributed by atoms with Crippen LogP contribution in [0.1, 0.15) is 59.2 Å². The fraction of sp³-hybridized carbons (Fsp3) is 0.333. The molecule has 8 nitrogen and oxygen atoms in total. The van der Waals surface area contributed by atoms with Crippen molar-refractivity contribution >= 4 is 40.6 Å². The number of urea groups is 1. The lowest BCUT2D eigenvalue weighted by Gasteiger charge is -2.26. The molecule has 3 amide bonds. The van der Waals surface area contributed by atoms with Gasteiger partial charge in [0.05, 0.1) is 18.4 Å². The molecule has 3 aromatic rings. The highest BCUT2D eigenvalue weighted by Crippen LogP contribution is 2.36. The van der Waals surface area contributed by atoms with Gasteiger partial charge in [0.1, 0.15) is 5.01 Å². The molecule has 1 aliphatic heterocycles. The number of carboxylic acids is 1. The zero-order valence-electron chi connectivity index (χ0n) is 20.4. The van der Waals surface area contributed by atoms with Gasteiger partial charge < -0.3 is 20.6 Å². The molecule has 0 aliphatic carbocycles. The van der Waals surface area contributed by atoms with Gasteiger partial charge >= 0.3 is 12.0 Å². The minimum absolute atomic E-state index is 0.0396. The summed E-state index contributed by atoms with van der Waals surface area (Å²) in [7, 11) is 0. The zero-order chi connectivity index (χ0) is 25.7. The van der Waals surface area contributed by atoms with Gasteiger partial charge in [0, 0.05) is 29.0 Å². The Bertz CT molecular complexity index is 1240. The monoisotopic (exact) mass is 506 g/mol. The summed E-state index contributed by atoms with van der Waals surface area (Å²) in [5, 5.41) is 15.5. The Morgan fingerprint density at radius 2 is 1.89 bits per heavy atom. The van der Waals surface area contributed by atoms with E-state index in [1.165, 1.54) is 11.3 Å². The lowest BCUT2D eigenvalue weighted by Crippen LogP contribution is -2.33. The van der Waals surface area contributed by atoms with Crippen LogP contribution in [0.25, 0.3) is 0 Å². The molecule has 2 heterocycles. The number of likely N-dealkylation sites (tertiary alicyclic amines) is 1. The van der Waals surface area contributed by atoms with E-state index in [2.05, 4.69) is 15.6 Å². The first-order valence-electron chi connectivity index (χ1n) is 12.0. The molecule has 1 aromatic heterocycles. The van der Waals surface area contributed by atoms with Crippen molar-refractivity contribution in [2.75, 3.05) is 17.2 Å². The van der Waals surface area contributed by atoms with E-state index in [0.717, 1.165) is 39.5 Å². The number of carbonyl (C=O) groups is 3. The topological polar surface area (TPSA) is 112 Å². The van der Waals surface area contributed by atoms with Crippen molar-refractivity contribution in [2.45, 2.75) is 51.5 Å². The molecule has 1 aliphatic rings. The number of carboxylic acid groups (broad SMARTS) is 1. The molecule has 4 rings (SSSR count). The number of thiazole rings is 1. The molecule has 3 N–H and O–H groups in total. The Morgan fingerprint density at radius 1 is 1.14 bits per heavy atom. The highest BCUT2D eigenvalue weighted by atomic mass is 32.1. The number of nitrogens with one attached hydrogen (secondary N) is 2. The number of aliphatic carboxylic acids is 1. The van der Waals surface area contributed by atoms with Crippen molar-refractivity contribution in [3.63, 3.8) is 0 Å². The zero-order valence-corrected chi connectivity index (χ0v) is 21.2. The highest BCUT2D eigenvalue weighted by Gasteiger charge is 2.34. The van der Waals surface area contributed by atoms with Crippen LogP contribution in [-0.2, 0) is 16.0 Å². The average molecular weight is 507 g/mol. The Kier molecular flexibility index (Phi) is 8.00. The molecule has 36 heavy (non-hydrogen) atoms. The van der Waals surface area contributed by atoms with Gasteiger partial charge in [-0.05, 0) is 62.4 Å². The molecule has 0 bridgehead atoms. The van der Waals surface area contributed by atoms with Crippen LogP contribution in [0, 0.1) is 6.92 Å².